The van der Waals surface area contributed by atoms with Gasteiger partial charge in [-0.25, -0.2) is 13.4 Å². The molecular weight excluding hydrogens is 300 g/mol. The van der Waals surface area contributed by atoms with Crippen molar-refractivity contribution in [3.05, 3.63) is 23.5 Å². The van der Waals surface area contributed by atoms with Gasteiger partial charge in [-0.2, -0.15) is 4.72 Å². The molecule has 1 heterocycles. The number of rotatable bonds is 6. The van der Waals surface area contributed by atoms with Gasteiger partial charge in [-0.15, -0.1) is 0 Å². The average molecular weight is 309 g/mol. The molecule has 0 radical (unpaired) electrons. The van der Waals surface area contributed by atoms with Crippen LogP contribution in [0.15, 0.2) is 23.2 Å². The molecule has 0 aliphatic carbocycles. The van der Waals surface area contributed by atoms with Crippen molar-refractivity contribution in [2.75, 3.05) is 0 Å². The third kappa shape index (κ3) is 4.16. The fourth-order valence-corrected chi connectivity index (χ4v) is 2.82. The number of aromatic nitrogens is 1. The van der Waals surface area contributed by atoms with E-state index in [1.165, 1.54) is 12.3 Å². The van der Waals surface area contributed by atoms with E-state index in [9.17, 15) is 18.0 Å². The molecule has 0 aliphatic heterocycles. The summed E-state index contributed by atoms with van der Waals surface area (Å²) in [6.45, 7) is 0. The summed E-state index contributed by atoms with van der Waals surface area (Å²) in [5.41, 5.74) is 0. The summed E-state index contributed by atoms with van der Waals surface area (Å²) in [7, 11) is -4.27. The lowest BCUT2D eigenvalue weighted by Gasteiger charge is -2.13. The zero-order valence-corrected chi connectivity index (χ0v) is 10.8. The van der Waals surface area contributed by atoms with Gasteiger partial charge in [0.15, 0.2) is 0 Å². The molecule has 1 aromatic rings. The summed E-state index contributed by atoms with van der Waals surface area (Å²) in [4.78, 5) is 24.4. The molecule has 8 nitrogen and oxygen atoms in total. The van der Waals surface area contributed by atoms with Crippen LogP contribution in [0.5, 0.6) is 0 Å². The van der Waals surface area contributed by atoms with Gasteiger partial charge in [-0.1, -0.05) is 11.6 Å². The van der Waals surface area contributed by atoms with E-state index < -0.39 is 39.3 Å². The standard InChI is InChI=1S/C9H9ClN2O6S/c10-8-6(2-1-3-11-8)19(17,18)12-5(9(15)16)4-7(13)14/h1-3,5,12H,4H2,(H,13,14)(H,15,16)/t5-/m0/s1. The summed E-state index contributed by atoms with van der Waals surface area (Å²) in [6, 6.07) is 0.629. The zero-order valence-electron chi connectivity index (χ0n) is 9.28. The van der Waals surface area contributed by atoms with Crippen LogP contribution < -0.4 is 4.72 Å². The van der Waals surface area contributed by atoms with E-state index in [4.69, 9.17) is 21.8 Å². The van der Waals surface area contributed by atoms with Crippen molar-refractivity contribution in [3.8, 4) is 0 Å². The summed E-state index contributed by atoms with van der Waals surface area (Å²) >= 11 is 5.58. The van der Waals surface area contributed by atoms with Crippen LogP contribution in [-0.4, -0.2) is 41.6 Å². The lowest BCUT2D eigenvalue weighted by atomic mass is 10.2. The fraction of sp³-hybridized carbons (Fsp3) is 0.222. The molecule has 0 saturated carbocycles. The van der Waals surface area contributed by atoms with Crippen molar-refractivity contribution in [1.29, 1.82) is 0 Å². The molecule has 3 N–H and O–H groups in total. The molecule has 0 aliphatic rings. The second-order valence-electron chi connectivity index (χ2n) is 3.40. The van der Waals surface area contributed by atoms with Crippen LogP contribution in [0, 0.1) is 0 Å². The molecule has 1 atom stereocenters. The monoisotopic (exact) mass is 308 g/mol. The number of hydrogen-bond acceptors (Lipinski definition) is 5. The van der Waals surface area contributed by atoms with Crippen LogP contribution >= 0.6 is 11.6 Å². The van der Waals surface area contributed by atoms with Gasteiger partial charge in [0.1, 0.15) is 16.1 Å². The van der Waals surface area contributed by atoms with Crippen LogP contribution in [0.25, 0.3) is 0 Å². The average Bonchev–Trinajstić information content (AvgIpc) is 2.27. The van der Waals surface area contributed by atoms with Crippen LogP contribution in [-0.2, 0) is 19.6 Å². The highest BCUT2D eigenvalue weighted by molar-refractivity contribution is 7.89. The minimum Gasteiger partial charge on any atom is -0.481 e. The maximum Gasteiger partial charge on any atom is 0.322 e. The first kappa shape index (κ1) is 15.3. The van der Waals surface area contributed by atoms with Crippen LogP contribution in [0.4, 0.5) is 0 Å². The van der Waals surface area contributed by atoms with E-state index >= 15 is 0 Å². The Hall–Kier alpha value is -1.71. The number of pyridine rings is 1. The van der Waals surface area contributed by atoms with Crippen molar-refractivity contribution in [2.45, 2.75) is 17.4 Å². The lowest BCUT2D eigenvalue weighted by molar-refractivity contribution is -0.145. The number of sulfonamides is 1. The highest BCUT2D eigenvalue weighted by atomic mass is 35.5. The second kappa shape index (κ2) is 5.95. The Bertz CT molecular complexity index is 602. The predicted molar refractivity (Wildman–Crippen MR) is 63.2 cm³/mol. The van der Waals surface area contributed by atoms with Gasteiger partial charge >= 0.3 is 11.9 Å². The minimum absolute atomic E-state index is 0.338. The Morgan fingerprint density at radius 2 is 2.05 bits per heavy atom. The molecule has 0 aromatic carbocycles. The molecule has 0 fully saturated rings. The Kier molecular flexibility index (Phi) is 4.81. The van der Waals surface area contributed by atoms with Gasteiger partial charge in [0.2, 0.25) is 10.0 Å². The highest BCUT2D eigenvalue weighted by Gasteiger charge is 2.28. The second-order valence-corrected chi connectivity index (χ2v) is 5.44. The quantitative estimate of drug-likeness (QED) is 0.627. The molecule has 0 saturated heterocycles. The number of nitrogens with zero attached hydrogens (tertiary/aromatic N) is 1. The van der Waals surface area contributed by atoms with Crippen LogP contribution in [0.3, 0.4) is 0 Å². The van der Waals surface area contributed by atoms with Gasteiger partial charge < -0.3 is 10.2 Å². The maximum absolute atomic E-state index is 11.9. The van der Waals surface area contributed by atoms with E-state index in [1.807, 2.05) is 0 Å². The van der Waals surface area contributed by atoms with Crippen LogP contribution in [0.1, 0.15) is 6.42 Å². The number of carboxylic acid groups (broad SMARTS) is 2. The normalized spacial score (nSPS) is 12.9. The SMILES string of the molecule is O=C(O)C[C@H](NS(=O)(=O)c1cccnc1Cl)C(=O)O. The third-order valence-electron chi connectivity index (χ3n) is 1.99. The summed E-state index contributed by atoms with van der Waals surface area (Å²) < 4.78 is 25.5. The number of aliphatic carboxylic acids is 2. The number of carboxylic acids is 2. The van der Waals surface area contributed by atoms with Crippen molar-refractivity contribution in [3.63, 3.8) is 0 Å². The topological polar surface area (TPSA) is 134 Å². The van der Waals surface area contributed by atoms with Crippen molar-refractivity contribution >= 4 is 33.6 Å². The third-order valence-corrected chi connectivity index (χ3v) is 3.91. The maximum atomic E-state index is 11.9. The largest absolute Gasteiger partial charge is 0.481 e. The first-order chi connectivity index (χ1) is 8.74. The number of nitrogens with one attached hydrogen (secondary N) is 1. The molecule has 0 bridgehead atoms. The molecule has 1 aromatic heterocycles. The van der Waals surface area contributed by atoms with Crippen molar-refractivity contribution in [1.82, 2.24) is 9.71 Å². The predicted octanol–water partition coefficient (Wildman–Crippen LogP) is -0.0588. The molecule has 0 spiro atoms. The van der Waals surface area contributed by atoms with Gasteiger partial charge in [0, 0.05) is 6.20 Å². The van der Waals surface area contributed by atoms with Gasteiger partial charge in [0.25, 0.3) is 0 Å². The van der Waals surface area contributed by atoms with E-state index in [2.05, 4.69) is 4.98 Å². The first-order valence-corrected chi connectivity index (χ1v) is 6.67. The highest BCUT2D eigenvalue weighted by Crippen LogP contribution is 2.18. The summed E-state index contributed by atoms with van der Waals surface area (Å²) in [5.74, 6) is -3.06. The van der Waals surface area contributed by atoms with E-state index in [1.54, 1.807) is 4.72 Å². The van der Waals surface area contributed by atoms with Gasteiger partial charge in [-0.05, 0) is 12.1 Å². The van der Waals surface area contributed by atoms with Gasteiger partial charge in [-0.3, -0.25) is 9.59 Å². The Morgan fingerprint density at radius 3 is 2.53 bits per heavy atom. The van der Waals surface area contributed by atoms with Crippen molar-refractivity contribution in [2.24, 2.45) is 0 Å². The number of carbonyl (C=O) groups is 2. The molecule has 0 unspecified atom stereocenters. The molecule has 10 heteroatoms. The molecule has 19 heavy (non-hydrogen) atoms. The number of hydrogen-bond donors (Lipinski definition) is 3. The summed E-state index contributed by atoms with van der Waals surface area (Å²) in [5, 5.41) is 16.9. The van der Waals surface area contributed by atoms with E-state index in [0.29, 0.717) is 0 Å². The van der Waals surface area contributed by atoms with Crippen molar-refractivity contribution < 1.29 is 28.2 Å². The summed E-state index contributed by atoms with van der Waals surface area (Å²) in [6.07, 6.45) is 0.361. The van der Waals surface area contributed by atoms with Gasteiger partial charge in [0.05, 0.1) is 6.42 Å². The van der Waals surface area contributed by atoms with E-state index in [-0.39, 0.29) is 5.15 Å². The Balaban J connectivity index is 3.04. The Labute approximate surface area is 113 Å². The Morgan fingerprint density at radius 1 is 1.42 bits per heavy atom. The lowest BCUT2D eigenvalue weighted by Crippen LogP contribution is -2.42. The zero-order chi connectivity index (χ0) is 14.6. The minimum atomic E-state index is -4.27. The number of halogens is 1. The molecule has 1 rings (SSSR count). The fourth-order valence-electron chi connectivity index (χ4n) is 1.18. The molecular formula is C9H9ClN2O6S. The molecule has 104 valence electrons. The van der Waals surface area contributed by atoms with Crippen LogP contribution in [0.2, 0.25) is 5.15 Å². The smallest absolute Gasteiger partial charge is 0.322 e. The van der Waals surface area contributed by atoms with E-state index in [0.717, 1.165) is 6.07 Å². The molecule has 0 amide bonds. The first-order valence-electron chi connectivity index (χ1n) is 4.81.